The maximum atomic E-state index is 12.1. The van der Waals surface area contributed by atoms with Gasteiger partial charge in [-0.1, -0.05) is 42.5 Å². The van der Waals surface area contributed by atoms with Gasteiger partial charge in [0.15, 0.2) is 5.82 Å². The van der Waals surface area contributed by atoms with Gasteiger partial charge in [-0.3, -0.25) is 14.2 Å². The van der Waals surface area contributed by atoms with E-state index in [1.165, 1.54) is 28.7 Å². The average molecular weight is 323 g/mol. The Bertz CT molecular complexity index is 929. The summed E-state index contributed by atoms with van der Waals surface area (Å²) in [6.07, 6.45) is 3.52. The van der Waals surface area contributed by atoms with Crippen molar-refractivity contribution in [3.8, 4) is 0 Å². The first kappa shape index (κ1) is 15.7. The zero-order valence-corrected chi connectivity index (χ0v) is 13.0. The fourth-order valence-electron chi connectivity index (χ4n) is 2.66. The highest BCUT2D eigenvalue weighted by Crippen LogP contribution is 2.18. The number of anilines is 1. The predicted molar refractivity (Wildman–Crippen MR) is 92.3 cm³/mol. The van der Waals surface area contributed by atoms with Crippen LogP contribution in [0.1, 0.15) is 5.56 Å². The van der Waals surface area contributed by atoms with Crippen molar-refractivity contribution in [3.63, 3.8) is 0 Å². The third-order valence-electron chi connectivity index (χ3n) is 3.79. The zero-order valence-electron chi connectivity index (χ0n) is 13.0. The second kappa shape index (κ2) is 6.95. The number of hydrogen-bond donors (Lipinski definition) is 2. The Kier molecular flexibility index (Phi) is 4.56. The van der Waals surface area contributed by atoms with Crippen LogP contribution in [0.3, 0.4) is 0 Å². The molecule has 2 N–H and O–H groups in total. The number of rotatable bonds is 6. The highest BCUT2D eigenvalue weighted by molar-refractivity contribution is 5.85. The summed E-state index contributed by atoms with van der Waals surface area (Å²) in [5.41, 5.74) is 0.750. The molecule has 6 heteroatoms. The summed E-state index contributed by atoms with van der Waals surface area (Å²) in [7, 11) is 0. The summed E-state index contributed by atoms with van der Waals surface area (Å²) in [4.78, 5) is 26.9. The third kappa shape index (κ3) is 3.43. The van der Waals surface area contributed by atoms with Crippen LogP contribution in [0.15, 0.2) is 59.7 Å². The molecule has 0 spiro atoms. The van der Waals surface area contributed by atoms with Crippen LogP contribution < -0.4 is 10.9 Å². The van der Waals surface area contributed by atoms with E-state index in [0.717, 1.165) is 11.0 Å². The molecule has 2 aromatic carbocycles. The molecule has 122 valence electrons. The van der Waals surface area contributed by atoms with Crippen molar-refractivity contribution in [1.82, 2.24) is 9.55 Å². The van der Waals surface area contributed by atoms with Gasteiger partial charge < -0.3 is 10.4 Å². The van der Waals surface area contributed by atoms with Crippen LogP contribution in [0.4, 0.5) is 5.82 Å². The van der Waals surface area contributed by atoms with Gasteiger partial charge in [0.1, 0.15) is 6.54 Å². The summed E-state index contributed by atoms with van der Waals surface area (Å²) < 4.78 is 1.12. The van der Waals surface area contributed by atoms with Crippen LogP contribution in [0.5, 0.6) is 0 Å². The summed E-state index contributed by atoms with van der Waals surface area (Å²) in [6.45, 7) is 0.159. The minimum atomic E-state index is -1.06. The van der Waals surface area contributed by atoms with Crippen molar-refractivity contribution in [1.29, 1.82) is 0 Å². The first-order valence-electron chi connectivity index (χ1n) is 7.63. The lowest BCUT2D eigenvalue weighted by Gasteiger charge is -2.09. The van der Waals surface area contributed by atoms with Gasteiger partial charge in [0.05, 0.1) is 0 Å². The number of aliphatic carboxylic acids is 1. The smallest absolute Gasteiger partial charge is 0.323 e. The van der Waals surface area contributed by atoms with Gasteiger partial charge in [0, 0.05) is 18.9 Å². The molecule has 1 aromatic heterocycles. The van der Waals surface area contributed by atoms with Gasteiger partial charge in [0.2, 0.25) is 0 Å². The van der Waals surface area contributed by atoms with E-state index < -0.39 is 11.5 Å². The molecule has 0 saturated heterocycles. The number of carboxylic acids is 1. The summed E-state index contributed by atoms with van der Waals surface area (Å²) in [5.74, 6) is -0.899. The molecule has 24 heavy (non-hydrogen) atoms. The summed E-state index contributed by atoms with van der Waals surface area (Å²) in [6, 6.07) is 14.3. The topological polar surface area (TPSA) is 84.2 Å². The monoisotopic (exact) mass is 323 g/mol. The Balaban J connectivity index is 1.72. The lowest BCUT2D eigenvalue weighted by Crippen LogP contribution is -2.27. The van der Waals surface area contributed by atoms with Crippen LogP contribution in [0, 0.1) is 0 Å². The minimum absolute atomic E-state index is 0.166. The van der Waals surface area contributed by atoms with E-state index >= 15 is 0 Å². The van der Waals surface area contributed by atoms with Crippen molar-refractivity contribution in [2.45, 2.75) is 13.0 Å². The maximum absolute atomic E-state index is 12.1. The number of fused-ring (bicyclic) bond motifs is 1. The SMILES string of the molecule is O=C(O)Cn1ccnc(NCCc2cccc3ccccc23)c1=O. The van der Waals surface area contributed by atoms with Crippen LogP contribution in [0.25, 0.3) is 10.8 Å². The molecule has 0 unspecified atom stereocenters. The lowest BCUT2D eigenvalue weighted by atomic mass is 10.0. The first-order chi connectivity index (χ1) is 11.6. The molecule has 6 nitrogen and oxygen atoms in total. The van der Waals surface area contributed by atoms with E-state index in [2.05, 4.69) is 34.6 Å². The molecular formula is C18H17N3O3. The highest BCUT2D eigenvalue weighted by Gasteiger charge is 2.07. The molecule has 1 heterocycles. The molecule has 0 saturated carbocycles. The number of nitrogens with one attached hydrogen (secondary N) is 1. The minimum Gasteiger partial charge on any atom is -0.480 e. The maximum Gasteiger partial charge on any atom is 0.323 e. The summed E-state index contributed by atoms with van der Waals surface area (Å²) in [5, 5.41) is 14.2. The standard InChI is InChI=1S/C18H17N3O3/c22-16(23)12-21-11-10-20-17(18(21)24)19-9-8-14-6-3-5-13-4-1-2-7-15(13)14/h1-7,10-11H,8-9,12H2,(H,19,20)(H,22,23). The van der Waals surface area contributed by atoms with Crippen molar-refractivity contribution in [2.24, 2.45) is 0 Å². The van der Waals surface area contributed by atoms with Crippen LogP contribution in [-0.2, 0) is 17.8 Å². The van der Waals surface area contributed by atoms with Crippen LogP contribution in [-0.4, -0.2) is 27.2 Å². The molecular weight excluding hydrogens is 306 g/mol. The number of benzene rings is 2. The van der Waals surface area contributed by atoms with Crippen molar-refractivity contribution in [3.05, 3.63) is 70.8 Å². The molecule has 0 aliphatic rings. The van der Waals surface area contributed by atoms with E-state index in [-0.39, 0.29) is 12.4 Å². The fraction of sp³-hybridized carbons (Fsp3) is 0.167. The van der Waals surface area contributed by atoms with E-state index in [0.29, 0.717) is 6.54 Å². The predicted octanol–water partition coefficient (Wildman–Crippen LogP) is 2.14. The molecule has 3 aromatic rings. The van der Waals surface area contributed by atoms with Gasteiger partial charge in [-0.25, -0.2) is 4.98 Å². The van der Waals surface area contributed by atoms with Crippen molar-refractivity contribution < 1.29 is 9.90 Å². The van der Waals surface area contributed by atoms with Crippen LogP contribution >= 0.6 is 0 Å². The molecule has 0 atom stereocenters. The molecule has 0 radical (unpaired) electrons. The van der Waals surface area contributed by atoms with Gasteiger partial charge in [-0.15, -0.1) is 0 Å². The second-order valence-electron chi connectivity index (χ2n) is 5.42. The number of hydrogen-bond acceptors (Lipinski definition) is 4. The highest BCUT2D eigenvalue weighted by atomic mass is 16.4. The Labute approximate surface area is 138 Å². The number of nitrogens with zero attached hydrogens (tertiary/aromatic N) is 2. The largest absolute Gasteiger partial charge is 0.480 e. The molecule has 0 aliphatic heterocycles. The quantitative estimate of drug-likeness (QED) is 0.726. The third-order valence-corrected chi connectivity index (χ3v) is 3.79. The zero-order chi connectivity index (χ0) is 16.9. The molecule has 3 rings (SSSR count). The number of carbonyl (C=O) groups is 1. The van der Waals surface area contributed by atoms with Crippen LogP contribution in [0.2, 0.25) is 0 Å². The van der Waals surface area contributed by atoms with E-state index in [1.807, 2.05) is 18.2 Å². The summed E-state index contributed by atoms with van der Waals surface area (Å²) >= 11 is 0. The van der Waals surface area contributed by atoms with Gasteiger partial charge in [0.25, 0.3) is 5.56 Å². The van der Waals surface area contributed by atoms with Gasteiger partial charge in [-0.05, 0) is 22.8 Å². The number of carboxylic acid groups (broad SMARTS) is 1. The molecule has 0 fully saturated rings. The Morgan fingerprint density at radius 1 is 1.17 bits per heavy atom. The normalized spacial score (nSPS) is 10.7. The van der Waals surface area contributed by atoms with Crippen molar-refractivity contribution in [2.75, 3.05) is 11.9 Å². The fourth-order valence-corrected chi connectivity index (χ4v) is 2.66. The molecule has 0 aliphatic carbocycles. The number of aromatic nitrogens is 2. The first-order valence-corrected chi connectivity index (χ1v) is 7.63. The van der Waals surface area contributed by atoms with Crippen molar-refractivity contribution >= 4 is 22.6 Å². The average Bonchev–Trinajstić information content (AvgIpc) is 2.58. The van der Waals surface area contributed by atoms with Gasteiger partial charge >= 0.3 is 5.97 Å². The van der Waals surface area contributed by atoms with Gasteiger partial charge in [-0.2, -0.15) is 0 Å². The second-order valence-corrected chi connectivity index (χ2v) is 5.42. The van der Waals surface area contributed by atoms with E-state index in [1.54, 1.807) is 0 Å². The Morgan fingerprint density at radius 2 is 1.96 bits per heavy atom. The molecule has 0 amide bonds. The van der Waals surface area contributed by atoms with E-state index in [4.69, 9.17) is 5.11 Å². The van der Waals surface area contributed by atoms with E-state index in [9.17, 15) is 9.59 Å². The Morgan fingerprint density at radius 3 is 2.79 bits per heavy atom. The lowest BCUT2D eigenvalue weighted by molar-refractivity contribution is -0.137. The Hall–Kier alpha value is -3.15. The molecule has 0 bridgehead atoms.